The zero-order chi connectivity index (χ0) is 37.1. The first-order chi connectivity index (χ1) is 24.0. The van der Waals surface area contributed by atoms with Crippen LogP contribution in [0, 0.1) is 17.8 Å². The van der Waals surface area contributed by atoms with Gasteiger partial charge in [0, 0.05) is 52.5 Å². The number of ether oxygens (including phenoxy) is 1. The van der Waals surface area contributed by atoms with E-state index < -0.39 is 29.0 Å². The van der Waals surface area contributed by atoms with Crippen molar-refractivity contribution in [1.82, 2.24) is 19.9 Å². The molecule has 0 aliphatic rings. The minimum atomic E-state index is -4.49. The summed E-state index contributed by atoms with van der Waals surface area (Å²) in [5, 5.41) is 11.5. The molecule has 8 nitrogen and oxygen atoms in total. The van der Waals surface area contributed by atoms with Gasteiger partial charge in [-0.1, -0.05) is 58.9 Å². The highest BCUT2D eigenvalue weighted by Crippen LogP contribution is 2.47. The predicted octanol–water partition coefficient (Wildman–Crippen LogP) is 9.76. The minimum Gasteiger partial charge on any atom is -0.487 e. The van der Waals surface area contributed by atoms with E-state index >= 15 is 0 Å². The summed E-state index contributed by atoms with van der Waals surface area (Å²) in [7, 11) is 0. The lowest BCUT2D eigenvalue weighted by Gasteiger charge is -2.36. The van der Waals surface area contributed by atoms with Gasteiger partial charge in [-0.05, 0) is 67.5 Å². The second-order valence-corrected chi connectivity index (χ2v) is 14.3. The monoisotopic (exact) mass is 700 g/mol. The number of ketones is 1. The Hall–Kier alpha value is -5.06. The van der Waals surface area contributed by atoms with Crippen LogP contribution in [0.15, 0.2) is 73.2 Å². The second-order valence-electron chi connectivity index (χ2n) is 14.3. The number of hydrogen-bond acceptors (Lipinski definition) is 6. The maximum atomic E-state index is 14.3. The van der Waals surface area contributed by atoms with E-state index in [4.69, 9.17) is 4.74 Å². The zero-order valence-corrected chi connectivity index (χ0v) is 29.7. The van der Waals surface area contributed by atoms with Crippen LogP contribution in [-0.4, -0.2) is 36.8 Å². The van der Waals surface area contributed by atoms with E-state index in [0.29, 0.717) is 57.7 Å². The van der Waals surface area contributed by atoms with Gasteiger partial charge < -0.3 is 14.8 Å². The fourth-order valence-electron chi connectivity index (χ4n) is 6.61. The Morgan fingerprint density at radius 3 is 2.16 bits per heavy atom. The van der Waals surface area contributed by atoms with E-state index in [0.717, 1.165) is 23.5 Å². The van der Waals surface area contributed by atoms with Crippen molar-refractivity contribution in [3.8, 4) is 17.0 Å². The number of H-pyrrole nitrogens is 1. The molecule has 268 valence electrons. The molecule has 0 aliphatic heterocycles. The molecule has 11 heteroatoms. The fraction of sp³-hybridized carbons (Fsp3) is 0.375. The number of Topliss-reactive ketones (excluding diaryl/α,β-unsaturated/α-hetero) is 1. The Morgan fingerprint density at radius 1 is 0.902 bits per heavy atom. The van der Waals surface area contributed by atoms with Gasteiger partial charge in [-0.2, -0.15) is 13.2 Å². The molecule has 2 N–H and O–H groups in total. The number of aliphatic carboxylic acids is 1. The van der Waals surface area contributed by atoms with Crippen LogP contribution in [0.3, 0.4) is 0 Å². The van der Waals surface area contributed by atoms with Crippen molar-refractivity contribution in [2.24, 2.45) is 10.8 Å². The fourth-order valence-corrected chi connectivity index (χ4v) is 6.61. The Kier molecular flexibility index (Phi) is 10.7. The number of pyridine rings is 1. The van der Waals surface area contributed by atoms with Crippen molar-refractivity contribution in [3.05, 3.63) is 107 Å². The van der Waals surface area contributed by atoms with E-state index in [1.165, 1.54) is 6.07 Å². The Labute approximate surface area is 295 Å². The van der Waals surface area contributed by atoms with Crippen LogP contribution in [0.1, 0.15) is 98.4 Å². The van der Waals surface area contributed by atoms with Crippen LogP contribution in [0.25, 0.3) is 22.2 Å². The summed E-state index contributed by atoms with van der Waals surface area (Å²) in [4.78, 5) is 43.6. The first kappa shape index (κ1) is 37.2. The molecule has 5 rings (SSSR count). The summed E-state index contributed by atoms with van der Waals surface area (Å²) < 4.78 is 45.3. The molecule has 0 spiro atoms. The number of aromatic amines is 1. The van der Waals surface area contributed by atoms with E-state index in [2.05, 4.69) is 19.9 Å². The number of carbonyl (C=O) groups excluding carboxylic acids is 1. The van der Waals surface area contributed by atoms with Crippen molar-refractivity contribution >= 4 is 22.7 Å². The van der Waals surface area contributed by atoms with E-state index in [-0.39, 0.29) is 30.6 Å². The lowest BCUT2D eigenvalue weighted by molar-refractivity contribution is -0.151. The molecule has 0 saturated carbocycles. The number of fused-ring (bicyclic) bond motifs is 1. The third kappa shape index (κ3) is 8.30. The number of nitrogens with one attached hydrogen (secondary N) is 1. The molecule has 0 bridgehead atoms. The first-order valence-electron chi connectivity index (χ1n) is 17.0. The molecular formula is C40H43F3N4O4. The highest BCUT2D eigenvalue weighted by atomic mass is 19.4. The van der Waals surface area contributed by atoms with Crippen LogP contribution in [0.5, 0.6) is 5.75 Å². The van der Waals surface area contributed by atoms with E-state index in [1.807, 2.05) is 65.8 Å². The third-order valence-electron chi connectivity index (χ3n) is 9.47. The minimum absolute atomic E-state index is 0.106. The van der Waals surface area contributed by atoms with Gasteiger partial charge in [-0.25, -0.2) is 0 Å². The number of aryl methyl sites for hydroxylation is 1. The van der Waals surface area contributed by atoms with Gasteiger partial charge in [-0.15, -0.1) is 0 Å². The van der Waals surface area contributed by atoms with Gasteiger partial charge in [-0.3, -0.25) is 24.5 Å². The number of halogens is 3. The summed E-state index contributed by atoms with van der Waals surface area (Å²) in [6.45, 7) is 11.7. The Bertz CT molecular complexity index is 1990. The van der Waals surface area contributed by atoms with Gasteiger partial charge >= 0.3 is 12.1 Å². The molecule has 0 saturated heterocycles. The van der Waals surface area contributed by atoms with Crippen LogP contribution < -0.4 is 4.74 Å². The van der Waals surface area contributed by atoms with Crippen LogP contribution in [-0.2, 0) is 24.0 Å². The number of rotatable bonds is 13. The summed E-state index contributed by atoms with van der Waals surface area (Å²) in [6.07, 6.45) is 0.778. The number of hydrogen-bond donors (Lipinski definition) is 2. The van der Waals surface area contributed by atoms with Crippen LogP contribution >= 0.6 is 0 Å². The van der Waals surface area contributed by atoms with Gasteiger partial charge in [0.1, 0.15) is 12.4 Å². The molecule has 51 heavy (non-hydrogen) atoms. The molecule has 0 amide bonds. The zero-order valence-electron chi connectivity index (χ0n) is 29.7. The Balaban J connectivity index is 1.59. The highest BCUT2D eigenvalue weighted by Gasteiger charge is 2.46. The summed E-state index contributed by atoms with van der Waals surface area (Å²) in [6, 6.07) is 15.0. The summed E-state index contributed by atoms with van der Waals surface area (Å²) in [5.41, 5.74) is 2.54. The lowest BCUT2D eigenvalue weighted by Crippen LogP contribution is -2.38. The number of carboxylic acid groups (broad SMARTS) is 1. The van der Waals surface area contributed by atoms with Gasteiger partial charge in [0.05, 0.1) is 34.3 Å². The SMILES string of the molecule is CCC(CC)(C(=O)O)C(Cc1ccc(-c2ccc(C(F)(F)F)cn2)cc1)c1[nH]c2ccc(OCc3cnc(C)cn3)cc2c1C(=O)CC(C)(C)C. The van der Waals surface area contributed by atoms with E-state index in [9.17, 15) is 27.9 Å². The standard InChI is InChI=1S/C40H43F3N4O4/c1-7-39(8-2,37(49)50)31(17-25-9-11-26(12-10-25)32-15-13-27(21-46-32)40(41,42)43)36-35(34(48)19-38(4,5)6)30-18-29(14-16-33(30)47-36)51-23-28-22-44-24(3)20-45-28/h9-16,18,20-22,31,47H,7-8,17,19,23H2,1-6H3,(H,49,50). The molecule has 3 heterocycles. The molecule has 0 aliphatic carbocycles. The van der Waals surface area contributed by atoms with Crippen molar-refractivity contribution in [2.45, 2.75) is 85.9 Å². The van der Waals surface area contributed by atoms with Gasteiger partial charge in [0.25, 0.3) is 0 Å². The van der Waals surface area contributed by atoms with Crippen molar-refractivity contribution in [3.63, 3.8) is 0 Å². The topological polar surface area (TPSA) is 118 Å². The molecule has 1 atom stereocenters. The Morgan fingerprint density at radius 2 is 1.61 bits per heavy atom. The molecule has 3 aromatic heterocycles. The summed E-state index contributed by atoms with van der Waals surface area (Å²) >= 11 is 0. The van der Waals surface area contributed by atoms with Gasteiger partial charge in [0.15, 0.2) is 5.78 Å². The van der Waals surface area contributed by atoms with E-state index in [1.54, 1.807) is 30.6 Å². The smallest absolute Gasteiger partial charge is 0.417 e. The molecule has 5 aromatic rings. The van der Waals surface area contributed by atoms with Crippen molar-refractivity contribution < 1.29 is 32.6 Å². The summed E-state index contributed by atoms with van der Waals surface area (Å²) in [5.74, 6) is -1.18. The number of carbonyl (C=O) groups is 2. The number of carboxylic acids is 1. The maximum absolute atomic E-state index is 14.3. The quantitative estimate of drug-likeness (QED) is 0.117. The molecule has 0 fully saturated rings. The number of aromatic nitrogens is 4. The highest BCUT2D eigenvalue weighted by molar-refractivity contribution is 6.10. The number of nitrogens with zero attached hydrogens (tertiary/aromatic N) is 3. The average molecular weight is 701 g/mol. The molecule has 1 unspecified atom stereocenters. The predicted molar refractivity (Wildman–Crippen MR) is 190 cm³/mol. The molecular weight excluding hydrogens is 657 g/mol. The van der Waals surface area contributed by atoms with Crippen LogP contribution in [0.2, 0.25) is 0 Å². The van der Waals surface area contributed by atoms with Gasteiger partial charge in [0.2, 0.25) is 0 Å². The third-order valence-corrected chi connectivity index (χ3v) is 9.47. The average Bonchev–Trinajstić information content (AvgIpc) is 3.46. The van der Waals surface area contributed by atoms with Crippen molar-refractivity contribution in [2.75, 3.05) is 0 Å². The molecule has 2 aromatic carbocycles. The van der Waals surface area contributed by atoms with Crippen molar-refractivity contribution in [1.29, 1.82) is 0 Å². The number of alkyl halides is 3. The second kappa shape index (κ2) is 14.7. The largest absolute Gasteiger partial charge is 0.487 e. The normalized spacial score (nSPS) is 13.0. The first-order valence-corrected chi connectivity index (χ1v) is 17.0. The maximum Gasteiger partial charge on any atom is 0.417 e. The number of benzene rings is 2. The van der Waals surface area contributed by atoms with Crippen LogP contribution in [0.4, 0.5) is 13.2 Å². The lowest BCUT2D eigenvalue weighted by atomic mass is 9.66. The molecule has 0 radical (unpaired) electrons.